The summed E-state index contributed by atoms with van der Waals surface area (Å²) in [5.74, 6) is 0. The van der Waals surface area contributed by atoms with Crippen molar-refractivity contribution in [1.82, 2.24) is 4.98 Å². The maximum atomic E-state index is 10.1. The van der Waals surface area contributed by atoms with Crippen LogP contribution in [0.25, 0.3) is 0 Å². The van der Waals surface area contributed by atoms with Crippen LogP contribution in [0.5, 0.6) is 0 Å². The molecule has 1 aromatic rings. The zero-order valence-electron chi connectivity index (χ0n) is 6.55. The molecule has 1 atom stereocenters. The van der Waals surface area contributed by atoms with Gasteiger partial charge in [-0.2, -0.15) is 0 Å². The lowest BCUT2D eigenvalue weighted by Crippen LogP contribution is -2.11. The van der Waals surface area contributed by atoms with Crippen LogP contribution in [0, 0.1) is 10.1 Å². The molecule has 0 saturated heterocycles. The predicted octanol–water partition coefficient (Wildman–Crippen LogP) is 1.15. The van der Waals surface area contributed by atoms with Crippen LogP contribution in [0.4, 0.5) is 0 Å². The van der Waals surface area contributed by atoms with Crippen molar-refractivity contribution in [3.63, 3.8) is 0 Å². The van der Waals surface area contributed by atoms with E-state index in [1.165, 1.54) is 6.20 Å². The number of pyridine rings is 1. The van der Waals surface area contributed by atoms with Crippen molar-refractivity contribution in [1.29, 1.82) is 0 Å². The Morgan fingerprint density at radius 1 is 1.69 bits per heavy atom. The van der Waals surface area contributed by atoms with E-state index in [4.69, 9.17) is 0 Å². The molecule has 0 aliphatic heterocycles. The molecule has 5 nitrogen and oxygen atoms in total. The van der Waals surface area contributed by atoms with E-state index in [9.17, 15) is 15.2 Å². The average molecular weight is 247 g/mol. The van der Waals surface area contributed by atoms with Gasteiger partial charge in [-0.1, -0.05) is 6.07 Å². The Bertz CT molecular complexity index is 301. The molecule has 0 fully saturated rings. The molecule has 1 aromatic heterocycles. The fourth-order valence-corrected chi connectivity index (χ4v) is 1.07. The van der Waals surface area contributed by atoms with Gasteiger partial charge in [-0.15, -0.1) is 0 Å². The highest BCUT2D eigenvalue weighted by atomic mass is 79.9. The van der Waals surface area contributed by atoms with Crippen molar-refractivity contribution in [2.75, 3.05) is 6.54 Å². The molecule has 0 aromatic carbocycles. The third kappa shape index (κ3) is 3.08. The van der Waals surface area contributed by atoms with Crippen molar-refractivity contribution >= 4 is 15.9 Å². The summed E-state index contributed by atoms with van der Waals surface area (Å²) in [6.07, 6.45) is 0.314. The summed E-state index contributed by atoms with van der Waals surface area (Å²) in [5.41, 5.74) is 0.444. The highest BCUT2D eigenvalue weighted by Gasteiger charge is 2.13. The van der Waals surface area contributed by atoms with E-state index in [0.717, 1.165) is 0 Å². The third-order valence-electron chi connectivity index (χ3n) is 1.46. The van der Waals surface area contributed by atoms with E-state index in [1.54, 1.807) is 12.1 Å². The third-order valence-corrected chi connectivity index (χ3v) is 1.93. The van der Waals surface area contributed by atoms with Crippen LogP contribution in [-0.4, -0.2) is 21.6 Å². The quantitative estimate of drug-likeness (QED) is 0.493. The van der Waals surface area contributed by atoms with Crippen molar-refractivity contribution < 1.29 is 10.0 Å². The number of aliphatic hydroxyl groups is 1. The van der Waals surface area contributed by atoms with Gasteiger partial charge in [0.05, 0.1) is 0 Å². The van der Waals surface area contributed by atoms with Crippen LogP contribution in [0.1, 0.15) is 11.7 Å². The van der Waals surface area contributed by atoms with Gasteiger partial charge in [0.2, 0.25) is 6.54 Å². The number of halogens is 1. The zero-order chi connectivity index (χ0) is 9.84. The molecule has 0 saturated carbocycles. The minimum Gasteiger partial charge on any atom is -0.381 e. The van der Waals surface area contributed by atoms with Gasteiger partial charge in [-0.05, 0) is 22.0 Å². The summed E-state index contributed by atoms with van der Waals surface area (Å²) in [6, 6.07) is 3.21. The molecule has 6 heteroatoms. The number of aromatic nitrogens is 1. The van der Waals surface area contributed by atoms with Gasteiger partial charge in [-0.3, -0.25) is 10.1 Å². The van der Waals surface area contributed by atoms with Crippen molar-refractivity contribution in [2.24, 2.45) is 0 Å². The molecule has 70 valence electrons. The predicted molar refractivity (Wildman–Crippen MR) is 48.8 cm³/mol. The molecule has 1 rings (SSSR count). The molecule has 13 heavy (non-hydrogen) atoms. The minimum atomic E-state index is -1.09. The van der Waals surface area contributed by atoms with Crippen LogP contribution in [-0.2, 0) is 0 Å². The molecule has 0 aliphatic rings. The molecule has 1 heterocycles. The maximum Gasteiger partial charge on any atom is 0.233 e. The highest BCUT2D eigenvalue weighted by molar-refractivity contribution is 9.10. The first-order chi connectivity index (χ1) is 6.09. The van der Waals surface area contributed by atoms with Gasteiger partial charge in [0.25, 0.3) is 0 Å². The van der Waals surface area contributed by atoms with E-state index < -0.39 is 17.6 Å². The van der Waals surface area contributed by atoms with Gasteiger partial charge in [-0.25, -0.2) is 4.98 Å². The Balaban J connectivity index is 2.71. The SMILES string of the molecule is O=[N+]([O-])C[C@H](O)c1ccc(Br)nc1. The van der Waals surface area contributed by atoms with E-state index in [0.29, 0.717) is 10.2 Å². The first-order valence-corrected chi connectivity index (χ1v) is 4.30. The zero-order valence-corrected chi connectivity index (χ0v) is 8.14. The monoisotopic (exact) mass is 246 g/mol. The Morgan fingerprint density at radius 2 is 2.38 bits per heavy atom. The Labute approximate surface area is 82.7 Å². The van der Waals surface area contributed by atoms with Gasteiger partial charge in [0.15, 0.2) is 0 Å². The lowest BCUT2D eigenvalue weighted by atomic mass is 10.2. The maximum absolute atomic E-state index is 10.1. The molecule has 1 N–H and O–H groups in total. The molecule has 0 spiro atoms. The summed E-state index contributed by atoms with van der Waals surface area (Å²) in [4.78, 5) is 13.3. The van der Waals surface area contributed by atoms with Crippen LogP contribution in [0.2, 0.25) is 0 Å². The van der Waals surface area contributed by atoms with Gasteiger partial charge >= 0.3 is 0 Å². The van der Waals surface area contributed by atoms with Crippen molar-refractivity contribution in [3.05, 3.63) is 38.6 Å². The van der Waals surface area contributed by atoms with E-state index >= 15 is 0 Å². The van der Waals surface area contributed by atoms with Crippen LogP contribution < -0.4 is 0 Å². The first-order valence-electron chi connectivity index (χ1n) is 3.51. The standard InChI is InChI=1S/C7H7BrN2O3/c8-7-2-1-5(3-9-7)6(11)4-10(12)13/h1-3,6,11H,4H2/t6-/m0/s1. The van der Waals surface area contributed by atoms with Gasteiger partial charge in [0.1, 0.15) is 10.7 Å². The highest BCUT2D eigenvalue weighted by Crippen LogP contribution is 2.13. The topological polar surface area (TPSA) is 76.3 Å². The second-order valence-electron chi connectivity index (χ2n) is 2.45. The average Bonchev–Trinajstić information content (AvgIpc) is 2.04. The number of aliphatic hydroxyl groups excluding tert-OH is 1. The van der Waals surface area contributed by atoms with Gasteiger partial charge in [0, 0.05) is 16.7 Å². The number of nitro groups is 1. The lowest BCUT2D eigenvalue weighted by molar-refractivity contribution is -0.491. The molecule has 0 unspecified atom stereocenters. The largest absolute Gasteiger partial charge is 0.381 e. The second kappa shape index (κ2) is 4.29. The van der Waals surface area contributed by atoms with Crippen LogP contribution in [0.3, 0.4) is 0 Å². The molecule has 0 aliphatic carbocycles. The van der Waals surface area contributed by atoms with Crippen LogP contribution >= 0.6 is 15.9 Å². The summed E-state index contributed by atoms with van der Waals surface area (Å²) < 4.78 is 0.629. The molecule has 0 bridgehead atoms. The molecular formula is C7H7BrN2O3. The van der Waals surface area contributed by atoms with Crippen molar-refractivity contribution in [3.8, 4) is 0 Å². The second-order valence-corrected chi connectivity index (χ2v) is 3.26. The Morgan fingerprint density at radius 3 is 2.85 bits per heavy atom. The number of hydrogen-bond donors (Lipinski definition) is 1. The Kier molecular flexibility index (Phi) is 3.32. The summed E-state index contributed by atoms with van der Waals surface area (Å²) in [5, 5.41) is 19.4. The van der Waals surface area contributed by atoms with Crippen LogP contribution in [0.15, 0.2) is 22.9 Å². The number of nitrogens with zero attached hydrogens (tertiary/aromatic N) is 2. The fraction of sp³-hybridized carbons (Fsp3) is 0.286. The number of hydrogen-bond acceptors (Lipinski definition) is 4. The molecule has 0 radical (unpaired) electrons. The smallest absolute Gasteiger partial charge is 0.233 e. The number of rotatable bonds is 3. The first kappa shape index (κ1) is 10.1. The summed E-state index contributed by atoms with van der Waals surface area (Å²) >= 11 is 3.12. The Hall–Kier alpha value is -1.01. The normalized spacial score (nSPS) is 12.5. The van der Waals surface area contributed by atoms with E-state index in [2.05, 4.69) is 20.9 Å². The summed E-state index contributed by atoms with van der Waals surface area (Å²) in [6.45, 7) is -0.497. The molecule has 0 amide bonds. The minimum absolute atomic E-state index is 0.444. The van der Waals surface area contributed by atoms with Gasteiger partial charge < -0.3 is 5.11 Å². The fourth-order valence-electron chi connectivity index (χ4n) is 0.831. The van der Waals surface area contributed by atoms with E-state index in [-0.39, 0.29) is 0 Å². The lowest BCUT2D eigenvalue weighted by Gasteiger charge is -2.04. The van der Waals surface area contributed by atoms with Crippen molar-refractivity contribution in [2.45, 2.75) is 6.10 Å². The molecular weight excluding hydrogens is 240 g/mol. The van der Waals surface area contributed by atoms with E-state index in [1.807, 2.05) is 0 Å². The summed E-state index contributed by atoms with van der Waals surface area (Å²) in [7, 11) is 0.